The molecule has 0 saturated carbocycles. The molecule has 162 valence electrons. The van der Waals surface area contributed by atoms with Crippen molar-refractivity contribution in [2.45, 2.75) is 13.8 Å². The number of ether oxygens (including phenoxy) is 3. The van der Waals surface area contributed by atoms with Gasteiger partial charge in [0.15, 0.2) is 15.8 Å². The average molecular weight is 465 g/mol. The van der Waals surface area contributed by atoms with E-state index in [1.807, 2.05) is 50.3 Å². The molecule has 1 fully saturated rings. The van der Waals surface area contributed by atoms with E-state index in [0.717, 1.165) is 28.4 Å². The van der Waals surface area contributed by atoms with Crippen LogP contribution in [0.3, 0.4) is 0 Å². The summed E-state index contributed by atoms with van der Waals surface area (Å²) in [5, 5.41) is 0. The third kappa shape index (κ3) is 3.45. The quantitative estimate of drug-likeness (QED) is 0.389. The number of rotatable bonds is 4. The topological polar surface area (TPSA) is 52.9 Å². The number of thioether (sulfide) groups is 1. The number of aromatic nitrogens is 1. The molecule has 5 rings (SSSR count). The van der Waals surface area contributed by atoms with E-state index in [1.165, 1.54) is 16.7 Å². The number of methoxy groups -OCH3 is 1. The Morgan fingerprint density at radius 1 is 1.03 bits per heavy atom. The van der Waals surface area contributed by atoms with Gasteiger partial charge < -0.3 is 18.8 Å². The molecule has 6 nitrogen and oxygen atoms in total. The molecule has 3 heterocycles. The summed E-state index contributed by atoms with van der Waals surface area (Å²) in [7, 11) is 1.65. The van der Waals surface area contributed by atoms with Crippen LogP contribution in [0.25, 0.3) is 11.8 Å². The largest absolute Gasteiger partial charge is 0.497 e. The van der Waals surface area contributed by atoms with E-state index in [4.69, 9.17) is 26.4 Å². The number of carbonyl (C=O) groups is 1. The predicted octanol–water partition coefficient (Wildman–Crippen LogP) is 5.24. The predicted molar refractivity (Wildman–Crippen MR) is 130 cm³/mol. The summed E-state index contributed by atoms with van der Waals surface area (Å²) in [5.41, 5.74) is 4.80. The van der Waals surface area contributed by atoms with Gasteiger partial charge in [0.2, 0.25) is 6.79 Å². The number of benzene rings is 2. The van der Waals surface area contributed by atoms with Crippen LogP contribution in [0.5, 0.6) is 17.2 Å². The molecule has 2 aliphatic rings. The molecule has 0 bridgehead atoms. The van der Waals surface area contributed by atoms with E-state index in [1.54, 1.807) is 19.2 Å². The lowest BCUT2D eigenvalue weighted by Gasteiger charge is -2.14. The standard InChI is InChI=1S/C24H20N2O4S2/c1-14-10-16(15(2)25(14)17-4-7-19(28-3)8-5-17)11-22-23(27)26(24(31)32-22)18-6-9-20-21(12-18)30-13-29-20/h4-12H,13H2,1-3H3/b22-11-. The van der Waals surface area contributed by atoms with Crippen LogP contribution in [0.15, 0.2) is 53.4 Å². The average Bonchev–Trinajstić information content (AvgIpc) is 3.44. The number of anilines is 1. The molecule has 0 spiro atoms. The minimum Gasteiger partial charge on any atom is -0.497 e. The van der Waals surface area contributed by atoms with Gasteiger partial charge in [-0.3, -0.25) is 9.69 Å². The van der Waals surface area contributed by atoms with Crippen molar-refractivity contribution in [1.82, 2.24) is 4.57 Å². The van der Waals surface area contributed by atoms with Gasteiger partial charge in [-0.15, -0.1) is 0 Å². The summed E-state index contributed by atoms with van der Waals surface area (Å²) < 4.78 is 18.7. The molecule has 0 unspecified atom stereocenters. The number of hydrogen-bond acceptors (Lipinski definition) is 6. The van der Waals surface area contributed by atoms with Crippen molar-refractivity contribution in [2.75, 3.05) is 18.8 Å². The number of thiocarbonyl (C=S) groups is 1. The third-order valence-electron chi connectivity index (χ3n) is 5.50. The molecule has 8 heteroatoms. The summed E-state index contributed by atoms with van der Waals surface area (Å²) in [6.07, 6.45) is 1.91. The van der Waals surface area contributed by atoms with E-state index in [-0.39, 0.29) is 12.7 Å². The second-order valence-electron chi connectivity index (χ2n) is 7.41. The fourth-order valence-corrected chi connectivity index (χ4v) is 5.21. The van der Waals surface area contributed by atoms with Crippen LogP contribution < -0.4 is 19.1 Å². The van der Waals surface area contributed by atoms with Gasteiger partial charge in [-0.05, 0) is 68.0 Å². The highest BCUT2D eigenvalue weighted by Gasteiger charge is 2.34. The van der Waals surface area contributed by atoms with Crippen molar-refractivity contribution >= 4 is 46.0 Å². The molecular weight excluding hydrogens is 444 g/mol. The molecule has 0 radical (unpaired) electrons. The monoisotopic (exact) mass is 464 g/mol. The Labute approximate surface area is 195 Å². The van der Waals surface area contributed by atoms with Crippen LogP contribution >= 0.6 is 24.0 Å². The lowest BCUT2D eigenvalue weighted by atomic mass is 10.2. The summed E-state index contributed by atoms with van der Waals surface area (Å²) in [6, 6.07) is 15.4. The minimum absolute atomic E-state index is 0.145. The third-order valence-corrected chi connectivity index (χ3v) is 6.80. The maximum Gasteiger partial charge on any atom is 0.270 e. The molecule has 2 aliphatic heterocycles. The summed E-state index contributed by atoms with van der Waals surface area (Å²) in [4.78, 5) is 15.3. The van der Waals surface area contributed by atoms with Gasteiger partial charge in [0.1, 0.15) is 5.75 Å². The van der Waals surface area contributed by atoms with Gasteiger partial charge >= 0.3 is 0 Å². The Hall–Kier alpha value is -3.23. The molecular formula is C24H20N2O4S2. The zero-order chi connectivity index (χ0) is 22.4. The normalized spacial score (nSPS) is 16.3. The number of hydrogen-bond donors (Lipinski definition) is 0. The van der Waals surface area contributed by atoms with Gasteiger partial charge in [-0.2, -0.15) is 0 Å². The van der Waals surface area contributed by atoms with Crippen molar-refractivity contribution in [3.05, 3.63) is 70.4 Å². The summed E-state index contributed by atoms with van der Waals surface area (Å²) >= 11 is 6.82. The van der Waals surface area contributed by atoms with Gasteiger partial charge in [0, 0.05) is 23.1 Å². The minimum atomic E-state index is -0.145. The van der Waals surface area contributed by atoms with E-state index in [0.29, 0.717) is 26.4 Å². The van der Waals surface area contributed by atoms with E-state index >= 15 is 0 Å². The first-order chi connectivity index (χ1) is 15.5. The molecule has 2 aromatic carbocycles. The first-order valence-corrected chi connectivity index (χ1v) is 11.2. The fourth-order valence-electron chi connectivity index (χ4n) is 3.92. The van der Waals surface area contributed by atoms with Crippen LogP contribution in [0.2, 0.25) is 0 Å². The number of carbonyl (C=O) groups excluding carboxylic acids is 1. The Morgan fingerprint density at radius 3 is 2.50 bits per heavy atom. The zero-order valence-corrected chi connectivity index (χ0v) is 19.4. The highest BCUT2D eigenvalue weighted by molar-refractivity contribution is 8.27. The molecule has 1 saturated heterocycles. The van der Waals surface area contributed by atoms with Gasteiger partial charge in [0.25, 0.3) is 5.91 Å². The molecule has 1 aromatic heterocycles. The van der Waals surface area contributed by atoms with Gasteiger partial charge in [-0.25, -0.2) is 0 Å². The van der Waals surface area contributed by atoms with Crippen LogP contribution in [0.1, 0.15) is 17.0 Å². The van der Waals surface area contributed by atoms with Crippen LogP contribution in [0.4, 0.5) is 5.69 Å². The number of nitrogens with zero attached hydrogens (tertiary/aromatic N) is 2. The van der Waals surface area contributed by atoms with E-state index < -0.39 is 0 Å². The first-order valence-electron chi connectivity index (χ1n) is 9.97. The van der Waals surface area contributed by atoms with E-state index in [9.17, 15) is 4.79 Å². The number of amides is 1. The molecule has 0 N–H and O–H groups in total. The van der Waals surface area contributed by atoms with Crippen molar-refractivity contribution in [3.63, 3.8) is 0 Å². The van der Waals surface area contributed by atoms with Crippen LogP contribution in [0, 0.1) is 13.8 Å². The Morgan fingerprint density at radius 2 is 1.75 bits per heavy atom. The molecule has 0 aliphatic carbocycles. The van der Waals surface area contributed by atoms with Gasteiger partial charge in [-0.1, -0.05) is 24.0 Å². The van der Waals surface area contributed by atoms with E-state index in [2.05, 4.69) is 10.6 Å². The van der Waals surface area contributed by atoms with Crippen LogP contribution in [-0.4, -0.2) is 28.7 Å². The van der Waals surface area contributed by atoms with Crippen molar-refractivity contribution in [1.29, 1.82) is 0 Å². The fraction of sp³-hybridized carbons (Fsp3) is 0.167. The molecule has 0 atom stereocenters. The SMILES string of the molecule is COc1ccc(-n2c(C)cc(/C=C3\SC(=S)N(c4ccc5c(c4)OCO5)C3=O)c2C)cc1. The van der Waals surface area contributed by atoms with Crippen molar-refractivity contribution in [2.24, 2.45) is 0 Å². The summed E-state index contributed by atoms with van der Waals surface area (Å²) in [5.74, 6) is 1.95. The maximum absolute atomic E-state index is 13.2. The number of fused-ring (bicyclic) bond motifs is 1. The number of aryl methyl sites for hydroxylation is 1. The maximum atomic E-state index is 13.2. The smallest absolute Gasteiger partial charge is 0.270 e. The second kappa shape index (κ2) is 8.03. The highest BCUT2D eigenvalue weighted by atomic mass is 32.2. The Bertz CT molecular complexity index is 1280. The van der Waals surface area contributed by atoms with Crippen LogP contribution in [-0.2, 0) is 4.79 Å². The molecule has 32 heavy (non-hydrogen) atoms. The second-order valence-corrected chi connectivity index (χ2v) is 9.09. The van der Waals surface area contributed by atoms with Crippen molar-refractivity contribution in [3.8, 4) is 22.9 Å². The Kier molecular flexibility index (Phi) is 5.19. The molecule has 1 amide bonds. The molecule has 3 aromatic rings. The zero-order valence-electron chi connectivity index (χ0n) is 17.7. The summed E-state index contributed by atoms with van der Waals surface area (Å²) in [6.45, 7) is 4.27. The first kappa shape index (κ1) is 20.7. The lowest BCUT2D eigenvalue weighted by Crippen LogP contribution is -2.27. The lowest BCUT2D eigenvalue weighted by molar-refractivity contribution is -0.113. The highest BCUT2D eigenvalue weighted by Crippen LogP contribution is 2.41. The van der Waals surface area contributed by atoms with Crippen molar-refractivity contribution < 1.29 is 19.0 Å². The Balaban J connectivity index is 1.46. The van der Waals surface area contributed by atoms with Gasteiger partial charge in [0.05, 0.1) is 17.7 Å².